The molecule has 98 valence electrons. The van der Waals surface area contributed by atoms with Gasteiger partial charge in [-0.3, -0.25) is 15.5 Å². The van der Waals surface area contributed by atoms with E-state index in [9.17, 15) is 10.1 Å². The van der Waals surface area contributed by atoms with Gasteiger partial charge in [-0.15, -0.1) is 10.2 Å². The number of hydrogen-bond acceptors (Lipinski definition) is 9. The van der Waals surface area contributed by atoms with Crippen LogP contribution in [0.3, 0.4) is 0 Å². The van der Waals surface area contributed by atoms with Crippen molar-refractivity contribution >= 4 is 11.9 Å². The van der Waals surface area contributed by atoms with Crippen molar-refractivity contribution in [1.29, 1.82) is 0 Å². The number of nitro benzene ring substituents is 1. The number of nitrogens with zero attached hydrogens (tertiary/aromatic N) is 6. The highest BCUT2D eigenvalue weighted by molar-refractivity contribution is 5.84. The third kappa shape index (κ3) is 3.06. The molecule has 0 bridgehead atoms. The van der Waals surface area contributed by atoms with Crippen molar-refractivity contribution in [3.8, 4) is 5.75 Å². The van der Waals surface area contributed by atoms with Gasteiger partial charge in [-0.25, -0.2) is 0 Å². The fourth-order valence-electron chi connectivity index (χ4n) is 1.33. The molecule has 0 fully saturated rings. The van der Waals surface area contributed by atoms with E-state index in [1.807, 2.05) is 0 Å². The van der Waals surface area contributed by atoms with Crippen molar-refractivity contribution in [3.05, 3.63) is 33.9 Å². The fourth-order valence-corrected chi connectivity index (χ4v) is 1.33. The van der Waals surface area contributed by atoms with Gasteiger partial charge in [0, 0.05) is 17.7 Å². The predicted molar refractivity (Wildman–Crippen MR) is 63.9 cm³/mol. The molecular weight excluding hydrogens is 254 g/mol. The minimum atomic E-state index is -0.666. The van der Waals surface area contributed by atoms with Gasteiger partial charge in [-0.05, 0) is 16.5 Å². The molecular formula is C9H9N7O3. The van der Waals surface area contributed by atoms with Crippen molar-refractivity contribution in [1.82, 2.24) is 5.43 Å². The lowest BCUT2D eigenvalue weighted by Gasteiger charge is -2.04. The molecule has 0 spiro atoms. The molecule has 1 N–H and O–H groups in total. The van der Waals surface area contributed by atoms with Crippen LogP contribution >= 0.6 is 0 Å². The van der Waals surface area contributed by atoms with Crippen LogP contribution in [0.2, 0.25) is 0 Å². The Morgan fingerprint density at radius 2 is 2.21 bits per heavy atom. The molecule has 0 aliphatic carbocycles. The Kier molecular flexibility index (Phi) is 3.71. The largest absolute Gasteiger partial charge is 0.496 e. The second-order valence-electron chi connectivity index (χ2n) is 3.35. The number of hydrazone groups is 1. The fraction of sp³-hybridized carbons (Fsp3) is 0.222. The lowest BCUT2D eigenvalue weighted by atomic mass is 10.2. The summed E-state index contributed by atoms with van der Waals surface area (Å²) >= 11 is 0. The predicted octanol–water partition coefficient (Wildman–Crippen LogP) is 1.64. The van der Waals surface area contributed by atoms with Crippen LogP contribution in [0.5, 0.6) is 5.75 Å². The molecule has 0 saturated heterocycles. The molecule has 0 saturated carbocycles. The average molecular weight is 263 g/mol. The summed E-state index contributed by atoms with van der Waals surface area (Å²) in [5.41, 5.74) is 2.95. The van der Waals surface area contributed by atoms with Crippen LogP contribution < -0.4 is 10.2 Å². The van der Waals surface area contributed by atoms with Gasteiger partial charge in [-0.1, -0.05) is 0 Å². The van der Waals surface area contributed by atoms with Crippen LogP contribution in [0.4, 0.5) is 5.69 Å². The molecule has 0 unspecified atom stereocenters. The molecule has 1 heterocycles. The van der Waals surface area contributed by atoms with Crippen molar-refractivity contribution in [2.45, 2.75) is 6.29 Å². The van der Waals surface area contributed by atoms with Crippen LogP contribution in [0.25, 0.3) is 0 Å². The Labute approximate surface area is 107 Å². The first-order chi connectivity index (χ1) is 9.20. The minimum Gasteiger partial charge on any atom is -0.496 e. The molecule has 0 amide bonds. The summed E-state index contributed by atoms with van der Waals surface area (Å²) in [6.07, 6.45) is 0.704. The standard InChI is InChI=1S/C9H9N7O3/c1-19-8-3-2-7(16(17)18)4-6(8)5-10-11-9-12-14-15-13-9/h2-5,9,11H,1H3/b10-5-. The van der Waals surface area contributed by atoms with Gasteiger partial charge in [0.05, 0.1) is 18.2 Å². The maximum atomic E-state index is 10.7. The lowest BCUT2D eigenvalue weighted by molar-refractivity contribution is -0.384. The number of benzene rings is 1. The first-order valence-corrected chi connectivity index (χ1v) is 5.11. The average Bonchev–Trinajstić information content (AvgIpc) is 2.91. The molecule has 1 aliphatic heterocycles. The highest BCUT2D eigenvalue weighted by Crippen LogP contribution is 2.22. The molecule has 1 aliphatic rings. The zero-order valence-electron chi connectivity index (χ0n) is 9.79. The summed E-state index contributed by atoms with van der Waals surface area (Å²) in [7, 11) is 1.46. The summed E-state index contributed by atoms with van der Waals surface area (Å²) in [6, 6.07) is 4.19. The molecule has 2 rings (SSSR count). The molecule has 19 heavy (non-hydrogen) atoms. The van der Waals surface area contributed by atoms with Crippen LogP contribution in [-0.2, 0) is 0 Å². The minimum absolute atomic E-state index is 0.0532. The zero-order chi connectivity index (χ0) is 13.7. The van der Waals surface area contributed by atoms with Crippen LogP contribution in [0, 0.1) is 10.1 Å². The Hall–Kier alpha value is -2.91. The van der Waals surface area contributed by atoms with E-state index in [0.29, 0.717) is 11.3 Å². The molecule has 10 nitrogen and oxygen atoms in total. The lowest BCUT2D eigenvalue weighted by Crippen LogP contribution is -2.17. The van der Waals surface area contributed by atoms with Crippen LogP contribution in [0.15, 0.2) is 44.0 Å². The number of hydrogen-bond donors (Lipinski definition) is 1. The normalized spacial score (nSPS) is 14.2. The Balaban J connectivity index is 2.14. The van der Waals surface area contributed by atoms with E-state index in [4.69, 9.17) is 4.74 Å². The number of ether oxygens (including phenoxy) is 1. The third-order valence-corrected chi connectivity index (χ3v) is 2.18. The van der Waals surface area contributed by atoms with Crippen LogP contribution in [-0.4, -0.2) is 24.5 Å². The Morgan fingerprint density at radius 3 is 2.84 bits per heavy atom. The quantitative estimate of drug-likeness (QED) is 0.492. The van der Waals surface area contributed by atoms with E-state index in [2.05, 4.69) is 31.2 Å². The molecule has 1 aromatic carbocycles. The van der Waals surface area contributed by atoms with E-state index in [0.717, 1.165) is 0 Å². The summed E-state index contributed by atoms with van der Waals surface area (Å²) in [5, 5.41) is 28.3. The molecule has 0 radical (unpaired) electrons. The number of nitrogens with one attached hydrogen (secondary N) is 1. The van der Waals surface area contributed by atoms with Crippen molar-refractivity contribution in [3.63, 3.8) is 0 Å². The number of methoxy groups -OCH3 is 1. The van der Waals surface area contributed by atoms with Gasteiger partial charge in [-0.2, -0.15) is 5.10 Å². The maximum absolute atomic E-state index is 10.7. The second kappa shape index (κ2) is 5.62. The second-order valence-corrected chi connectivity index (χ2v) is 3.35. The van der Waals surface area contributed by atoms with E-state index < -0.39 is 11.2 Å². The highest BCUT2D eigenvalue weighted by atomic mass is 16.6. The smallest absolute Gasteiger partial charge is 0.270 e. The monoisotopic (exact) mass is 263 g/mol. The van der Waals surface area contributed by atoms with Gasteiger partial charge in [0.15, 0.2) is 0 Å². The summed E-state index contributed by atoms with van der Waals surface area (Å²) in [6.45, 7) is 0. The Bertz CT molecular complexity index is 557. The number of non-ortho nitro benzene ring substituents is 1. The number of rotatable bonds is 5. The SMILES string of the molecule is COc1ccc([N+](=O)[O-])cc1/C=N\NC1N=NN=N1. The first-order valence-electron chi connectivity index (χ1n) is 5.11. The van der Waals surface area contributed by atoms with Gasteiger partial charge < -0.3 is 4.74 Å². The third-order valence-electron chi connectivity index (χ3n) is 2.18. The van der Waals surface area contributed by atoms with Crippen molar-refractivity contribution in [2.24, 2.45) is 25.8 Å². The van der Waals surface area contributed by atoms with Crippen molar-refractivity contribution in [2.75, 3.05) is 7.11 Å². The molecule has 1 aromatic rings. The van der Waals surface area contributed by atoms with Gasteiger partial charge in [0.1, 0.15) is 5.75 Å². The number of nitro groups is 1. The van der Waals surface area contributed by atoms with Crippen LogP contribution in [0.1, 0.15) is 5.56 Å². The zero-order valence-corrected chi connectivity index (χ0v) is 9.79. The van der Waals surface area contributed by atoms with Gasteiger partial charge in [0.25, 0.3) is 12.0 Å². The molecule has 0 atom stereocenters. The van der Waals surface area contributed by atoms with Gasteiger partial charge in [0.2, 0.25) is 0 Å². The topological polar surface area (TPSA) is 126 Å². The Morgan fingerprint density at radius 1 is 1.47 bits per heavy atom. The van der Waals surface area contributed by atoms with E-state index in [1.54, 1.807) is 0 Å². The summed E-state index contributed by atoms with van der Waals surface area (Å²) < 4.78 is 5.08. The molecule has 0 aromatic heterocycles. The van der Waals surface area contributed by atoms with E-state index in [1.165, 1.54) is 31.5 Å². The highest BCUT2D eigenvalue weighted by Gasteiger charge is 2.10. The van der Waals surface area contributed by atoms with E-state index in [-0.39, 0.29) is 5.69 Å². The molecule has 10 heteroatoms. The first kappa shape index (κ1) is 12.5. The van der Waals surface area contributed by atoms with E-state index >= 15 is 0 Å². The van der Waals surface area contributed by atoms with Crippen molar-refractivity contribution < 1.29 is 9.66 Å². The van der Waals surface area contributed by atoms with Gasteiger partial charge >= 0.3 is 0 Å². The maximum Gasteiger partial charge on any atom is 0.270 e. The summed E-state index contributed by atoms with van der Waals surface area (Å²) in [4.78, 5) is 10.2. The summed E-state index contributed by atoms with van der Waals surface area (Å²) in [5.74, 6) is 0.464.